The quantitative estimate of drug-likeness (QED) is 0.294. The van der Waals surface area contributed by atoms with Crippen molar-refractivity contribution < 1.29 is 31.4 Å². The van der Waals surface area contributed by atoms with Crippen LogP contribution in [-0.2, 0) is 5.41 Å². The van der Waals surface area contributed by atoms with Gasteiger partial charge in [0.1, 0.15) is 5.69 Å². The summed E-state index contributed by atoms with van der Waals surface area (Å²) in [7, 11) is 0. The molecule has 148 valence electrons. The topological polar surface area (TPSA) is 102 Å². The Hall–Kier alpha value is -2.82. The first-order chi connectivity index (χ1) is 12.3. The Morgan fingerprint density at radius 3 is 2.11 bits per heavy atom. The van der Waals surface area contributed by atoms with Crippen LogP contribution in [-0.4, -0.2) is 24.1 Å². The molecular formula is C16H15F6N3O2. The van der Waals surface area contributed by atoms with Crippen LogP contribution in [0.25, 0.3) is 0 Å². The zero-order valence-electron chi connectivity index (χ0n) is 13.6. The minimum absolute atomic E-state index is 0.373. The van der Waals surface area contributed by atoms with Crippen molar-refractivity contribution in [3.05, 3.63) is 64.7 Å². The van der Waals surface area contributed by atoms with Crippen molar-refractivity contribution >= 4 is 11.4 Å². The molecule has 11 heteroatoms. The maximum Gasteiger partial charge on any atom is 0.411 e. The summed E-state index contributed by atoms with van der Waals surface area (Å²) < 4.78 is 83.7. The number of nitrogen functional groups attached to an aromatic ring is 1. The molecule has 5 N–H and O–H groups in total. The number of hydrogen-bond donors (Lipinski definition) is 3. The molecule has 0 aliphatic rings. The SMILES string of the molecule is C=C(N)/C=C(\C=C/CO)C(c1ccc(N=O)c(N)c1)(C(F)(F)F)C(F)(F)F. The number of aliphatic hydroxyl groups is 1. The first kappa shape index (κ1) is 22.2. The van der Waals surface area contributed by atoms with E-state index in [0.29, 0.717) is 36.4 Å². The molecule has 0 spiro atoms. The van der Waals surface area contributed by atoms with Crippen LogP contribution in [0.4, 0.5) is 37.7 Å². The van der Waals surface area contributed by atoms with Crippen molar-refractivity contribution in [3.63, 3.8) is 0 Å². The number of anilines is 1. The highest BCUT2D eigenvalue weighted by Crippen LogP contribution is 2.57. The second kappa shape index (κ2) is 7.82. The van der Waals surface area contributed by atoms with Crippen molar-refractivity contribution in [1.82, 2.24) is 0 Å². The van der Waals surface area contributed by atoms with Crippen LogP contribution in [0, 0.1) is 4.91 Å². The van der Waals surface area contributed by atoms with E-state index in [0.717, 1.165) is 0 Å². The van der Waals surface area contributed by atoms with Crippen molar-refractivity contribution in [3.8, 4) is 0 Å². The Morgan fingerprint density at radius 1 is 1.19 bits per heavy atom. The van der Waals surface area contributed by atoms with E-state index in [1.165, 1.54) is 0 Å². The van der Waals surface area contributed by atoms with Gasteiger partial charge in [-0.3, -0.25) is 0 Å². The minimum atomic E-state index is -5.89. The Bertz CT molecular complexity index is 767. The molecule has 0 radical (unpaired) electrons. The van der Waals surface area contributed by atoms with Gasteiger partial charge in [0.05, 0.1) is 12.3 Å². The summed E-state index contributed by atoms with van der Waals surface area (Å²) in [5.74, 6) is 0. The third-order valence-corrected chi connectivity index (χ3v) is 3.59. The van der Waals surface area contributed by atoms with E-state index in [4.69, 9.17) is 16.6 Å². The monoisotopic (exact) mass is 395 g/mol. The second-order valence-corrected chi connectivity index (χ2v) is 5.37. The van der Waals surface area contributed by atoms with Gasteiger partial charge in [0.2, 0.25) is 5.41 Å². The molecule has 1 aromatic carbocycles. The average Bonchev–Trinajstić information content (AvgIpc) is 2.50. The Labute approximate surface area is 149 Å². The number of nitrogens with zero attached hydrogens (tertiary/aromatic N) is 1. The van der Waals surface area contributed by atoms with Crippen molar-refractivity contribution in [2.24, 2.45) is 10.9 Å². The van der Waals surface area contributed by atoms with Gasteiger partial charge in [-0.15, -0.1) is 4.91 Å². The number of halogens is 6. The maximum atomic E-state index is 13.9. The number of allylic oxidation sites excluding steroid dienone is 3. The van der Waals surface area contributed by atoms with Crippen molar-refractivity contribution in [2.45, 2.75) is 17.8 Å². The van der Waals surface area contributed by atoms with Gasteiger partial charge in [0.25, 0.3) is 0 Å². The summed E-state index contributed by atoms with van der Waals surface area (Å²) in [6.07, 6.45) is -10.3. The fraction of sp³-hybridized carbons (Fsp3) is 0.250. The molecule has 0 fully saturated rings. The standard InChI is InChI=1S/C16H15F6N3O2/c1-9(23)7-10(3-2-6-26)14(15(17,18)19,16(20,21)22)11-4-5-13(25-27)12(24)8-11/h2-5,7-8,26H,1,6,23-24H2/b3-2-,10-7+. The lowest BCUT2D eigenvalue weighted by molar-refractivity contribution is -0.288. The van der Waals surface area contributed by atoms with E-state index in [1.807, 2.05) is 0 Å². The molecule has 0 aliphatic carbocycles. The van der Waals surface area contributed by atoms with Crippen LogP contribution in [0.2, 0.25) is 0 Å². The summed E-state index contributed by atoms with van der Waals surface area (Å²) in [5.41, 5.74) is 1.63. The van der Waals surface area contributed by atoms with Crippen molar-refractivity contribution in [1.29, 1.82) is 0 Å². The number of benzene rings is 1. The molecular weight excluding hydrogens is 380 g/mol. The van der Waals surface area contributed by atoms with Gasteiger partial charge in [-0.1, -0.05) is 24.8 Å². The van der Waals surface area contributed by atoms with E-state index >= 15 is 0 Å². The zero-order valence-corrected chi connectivity index (χ0v) is 13.6. The van der Waals surface area contributed by atoms with Gasteiger partial charge in [0, 0.05) is 5.70 Å². The minimum Gasteiger partial charge on any atom is -0.399 e. The third kappa shape index (κ3) is 4.13. The van der Waals surface area contributed by atoms with Crippen LogP contribution in [0.3, 0.4) is 0 Å². The first-order valence-corrected chi connectivity index (χ1v) is 7.13. The molecule has 0 heterocycles. The lowest BCUT2D eigenvalue weighted by atomic mass is 9.71. The molecule has 0 unspecified atom stereocenters. The molecule has 0 aliphatic heterocycles. The highest BCUT2D eigenvalue weighted by atomic mass is 19.4. The summed E-state index contributed by atoms with van der Waals surface area (Å²) >= 11 is 0. The Balaban J connectivity index is 4.07. The van der Waals surface area contributed by atoms with E-state index in [9.17, 15) is 31.2 Å². The first-order valence-electron chi connectivity index (χ1n) is 7.13. The molecule has 0 amide bonds. The summed E-state index contributed by atoms with van der Waals surface area (Å²) in [4.78, 5) is 10.5. The predicted octanol–water partition coefficient (Wildman–Crippen LogP) is 3.98. The fourth-order valence-corrected chi connectivity index (χ4v) is 2.51. The molecule has 0 aromatic heterocycles. The molecule has 0 saturated carbocycles. The highest BCUT2D eigenvalue weighted by Gasteiger charge is 2.73. The van der Waals surface area contributed by atoms with Crippen LogP contribution in [0.1, 0.15) is 5.56 Å². The van der Waals surface area contributed by atoms with Gasteiger partial charge >= 0.3 is 12.4 Å². The normalized spacial score (nSPS) is 13.8. The van der Waals surface area contributed by atoms with E-state index < -0.39 is 52.6 Å². The van der Waals surface area contributed by atoms with Gasteiger partial charge in [-0.05, 0) is 34.5 Å². The average molecular weight is 395 g/mol. The summed E-state index contributed by atoms with van der Waals surface area (Å²) in [6.45, 7) is 2.29. The lowest BCUT2D eigenvalue weighted by Gasteiger charge is -2.39. The Kier molecular flexibility index (Phi) is 6.44. The fourth-order valence-electron chi connectivity index (χ4n) is 2.51. The smallest absolute Gasteiger partial charge is 0.399 e. The number of nitrogens with two attached hydrogens (primary N) is 2. The van der Waals surface area contributed by atoms with Crippen molar-refractivity contribution in [2.75, 3.05) is 12.3 Å². The molecule has 5 nitrogen and oxygen atoms in total. The van der Waals surface area contributed by atoms with Crippen LogP contribution >= 0.6 is 0 Å². The third-order valence-electron chi connectivity index (χ3n) is 3.59. The van der Waals surface area contributed by atoms with E-state index in [1.54, 1.807) is 0 Å². The maximum absolute atomic E-state index is 13.9. The molecule has 27 heavy (non-hydrogen) atoms. The number of hydrogen-bond acceptors (Lipinski definition) is 5. The van der Waals surface area contributed by atoms with Gasteiger partial charge < -0.3 is 16.6 Å². The number of alkyl halides is 6. The van der Waals surface area contributed by atoms with E-state index in [2.05, 4.69) is 11.8 Å². The Morgan fingerprint density at radius 2 is 1.74 bits per heavy atom. The largest absolute Gasteiger partial charge is 0.411 e. The zero-order chi connectivity index (χ0) is 21.0. The van der Waals surface area contributed by atoms with E-state index in [-0.39, 0.29) is 0 Å². The number of aliphatic hydroxyl groups excluding tert-OH is 1. The van der Waals surface area contributed by atoms with Gasteiger partial charge in [0.15, 0.2) is 0 Å². The number of rotatable bonds is 6. The van der Waals surface area contributed by atoms with Crippen LogP contribution in [0.5, 0.6) is 0 Å². The molecule has 0 bridgehead atoms. The lowest BCUT2D eigenvalue weighted by Crippen LogP contribution is -2.55. The van der Waals surface area contributed by atoms with Crippen LogP contribution in [0.15, 0.2) is 59.5 Å². The van der Waals surface area contributed by atoms with Gasteiger partial charge in [-0.25, -0.2) is 0 Å². The van der Waals surface area contributed by atoms with Crippen LogP contribution < -0.4 is 11.5 Å². The molecule has 0 atom stereocenters. The number of nitroso groups, excluding NO2 is 1. The molecule has 1 rings (SSSR count). The highest BCUT2D eigenvalue weighted by molar-refractivity contribution is 5.65. The second-order valence-electron chi connectivity index (χ2n) is 5.37. The summed E-state index contributed by atoms with van der Waals surface area (Å²) in [5, 5.41) is 11.2. The van der Waals surface area contributed by atoms with Gasteiger partial charge in [-0.2, -0.15) is 26.3 Å². The predicted molar refractivity (Wildman–Crippen MR) is 87.7 cm³/mol. The summed E-state index contributed by atoms with van der Waals surface area (Å²) in [6, 6.07) is 1.47. The molecule has 1 aromatic rings. The molecule has 0 saturated heterocycles.